The molecule has 1 fully saturated rings. The van der Waals surface area contributed by atoms with E-state index in [0.29, 0.717) is 44.6 Å². The van der Waals surface area contributed by atoms with Crippen LogP contribution in [0.2, 0.25) is 0 Å². The SMILES string of the molecule is CCNC(=NCCCCOc1ccc(F)cc1)NC1CCN(C(=O)OCC)CC1.I. The highest BCUT2D eigenvalue weighted by molar-refractivity contribution is 14.0. The normalized spacial score (nSPS) is 14.6. The Morgan fingerprint density at radius 1 is 1.20 bits per heavy atom. The highest BCUT2D eigenvalue weighted by Crippen LogP contribution is 2.12. The summed E-state index contributed by atoms with van der Waals surface area (Å²) in [7, 11) is 0. The van der Waals surface area contributed by atoms with Crippen LogP contribution < -0.4 is 15.4 Å². The number of piperidine rings is 1. The van der Waals surface area contributed by atoms with Gasteiger partial charge in [-0.2, -0.15) is 0 Å². The summed E-state index contributed by atoms with van der Waals surface area (Å²) >= 11 is 0. The van der Waals surface area contributed by atoms with Crippen LogP contribution in [0.1, 0.15) is 39.5 Å². The summed E-state index contributed by atoms with van der Waals surface area (Å²) in [5, 5.41) is 6.74. The minimum absolute atomic E-state index is 0. The Balaban J connectivity index is 0.00000450. The zero-order valence-electron chi connectivity index (χ0n) is 17.9. The first-order valence-electron chi connectivity index (χ1n) is 10.5. The number of benzene rings is 1. The second-order valence-corrected chi connectivity index (χ2v) is 6.87. The highest BCUT2D eigenvalue weighted by Gasteiger charge is 2.23. The summed E-state index contributed by atoms with van der Waals surface area (Å²) in [5.74, 6) is 1.22. The van der Waals surface area contributed by atoms with Crippen molar-refractivity contribution in [1.82, 2.24) is 15.5 Å². The van der Waals surface area contributed by atoms with Crippen molar-refractivity contribution in [3.63, 3.8) is 0 Å². The molecule has 9 heteroatoms. The minimum atomic E-state index is -0.262. The van der Waals surface area contributed by atoms with Gasteiger partial charge in [-0.15, -0.1) is 24.0 Å². The van der Waals surface area contributed by atoms with Gasteiger partial charge in [0.2, 0.25) is 0 Å². The quantitative estimate of drug-likeness (QED) is 0.218. The molecule has 2 rings (SSSR count). The summed E-state index contributed by atoms with van der Waals surface area (Å²) in [4.78, 5) is 18.2. The summed E-state index contributed by atoms with van der Waals surface area (Å²) < 4.78 is 23.5. The number of halogens is 2. The van der Waals surface area contributed by atoms with Crippen LogP contribution in [0, 0.1) is 5.82 Å². The van der Waals surface area contributed by atoms with E-state index in [1.807, 2.05) is 13.8 Å². The number of nitrogens with zero attached hydrogens (tertiary/aromatic N) is 2. The first-order valence-corrected chi connectivity index (χ1v) is 10.5. The number of hydrogen-bond donors (Lipinski definition) is 2. The average Bonchev–Trinajstić information content (AvgIpc) is 2.72. The van der Waals surface area contributed by atoms with Gasteiger partial charge >= 0.3 is 6.09 Å². The predicted octanol–water partition coefficient (Wildman–Crippen LogP) is 3.78. The Labute approximate surface area is 195 Å². The lowest BCUT2D eigenvalue weighted by Gasteiger charge is -2.32. The third-order valence-corrected chi connectivity index (χ3v) is 4.61. The molecule has 170 valence electrons. The maximum absolute atomic E-state index is 12.9. The number of amides is 1. The maximum Gasteiger partial charge on any atom is 0.409 e. The molecule has 1 aromatic carbocycles. The second kappa shape index (κ2) is 15.1. The van der Waals surface area contributed by atoms with Crippen molar-refractivity contribution in [3.05, 3.63) is 30.1 Å². The van der Waals surface area contributed by atoms with Gasteiger partial charge in [-0.05, 0) is 63.8 Å². The molecule has 1 aromatic rings. The first kappa shape index (κ1) is 26.3. The van der Waals surface area contributed by atoms with Gasteiger partial charge < -0.3 is 25.0 Å². The molecular formula is C21H34FIN4O3. The Hall–Kier alpha value is -1.78. The monoisotopic (exact) mass is 536 g/mol. The molecule has 7 nitrogen and oxygen atoms in total. The number of ether oxygens (including phenoxy) is 2. The molecule has 0 radical (unpaired) electrons. The highest BCUT2D eigenvalue weighted by atomic mass is 127. The molecule has 0 atom stereocenters. The number of rotatable bonds is 9. The van der Waals surface area contributed by atoms with Crippen molar-refractivity contribution in [2.45, 2.75) is 45.6 Å². The largest absolute Gasteiger partial charge is 0.494 e. The molecule has 1 saturated heterocycles. The molecule has 2 N–H and O–H groups in total. The Morgan fingerprint density at radius 3 is 2.53 bits per heavy atom. The Kier molecular flexibility index (Phi) is 13.2. The summed E-state index contributed by atoms with van der Waals surface area (Å²) in [6, 6.07) is 6.35. The second-order valence-electron chi connectivity index (χ2n) is 6.87. The molecule has 0 unspecified atom stereocenters. The van der Waals surface area contributed by atoms with Crippen LogP contribution in [-0.4, -0.2) is 62.4 Å². The summed E-state index contributed by atoms with van der Waals surface area (Å²) in [6.07, 6.45) is 3.29. The van der Waals surface area contributed by atoms with Crippen LogP contribution in [0.3, 0.4) is 0 Å². The van der Waals surface area contributed by atoms with Crippen molar-refractivity contribution in [2.75, 3.05) is 39.4 Å². The van der Waals surface area contributed by atoms with E-state index in [1.54, 1.807) is 17.0 Å². The fraction of sp³-hybridized carbons (Fsp3) is 0.619. The summed E-state index contributed by atoms with van der Waals surface area (Å²) in [5.41, 5.74) is 0. The van der Waals surface area contributed by atoms with E-state index >= 15 is 0 Å². The van der Waals surface area contributed by atoms with E-state index < -0.39 is 0 Å². The summed E-state index contributed by atoms with van der Waals surface area (Å²) in [6.45, 7) is 7.72. The Morgan fingerprint density at radius 2 is 1.90 bits per heavy atom. The van der Waals surface area contributed by atoms with Gasteiger partial charge in [-0.25, -0.2) is 9.18 Å². The third-order valence-electron chi connectivity index (χ3n) is 4.61. The number of aliphatic imine (C=N–C) groups is 1. The average molecular weight is 536 g/mol. The molecule has 0 aromatic heterocycles. The number of carbonyl (C=O) groups excluding carboxylic acids is 1. The van der Waals surface area contributed by atoms with Crippen molar-refractivity contribution < 1.29 is 18.7 Å². The minimum Gasteiger partial charge on any atom is -0.494 e. The van der Waals surface area contributed by atoms with E-state index in [0.717, 1.165) is 38.2 Å². The molecular weight excluding hydrogens is 502 g/mol. The zero-order valence-corrected chi connectivity index (χ0v) is 20.2. The van der Waals surface area contributed by atoms with Crippen LogP contribution in [0.4, 0.5) is 9.18 Å². The lowest BCUT2D eigenvalue weighted by molar-refractivity contribution is 0.0963. The van der Waals surface area contributed by atoms with E-state index in [2.05, 4.69) is 15.6 Å². The smallest absolute Gasteiger partial charge is 0.409 e. The van der Waals surface area contributed by atoms with Gasteiger partial charge in [0.15, 0.2) is 5.96 Å². The van der Waals surface area contributed by atoms with Crippen molar-refractivity contribution >= 4 is 36.0 Å². The molecule has 1 aliphatic rings. The number of unbranched alkanes of at least 4 members (excludes halogenated alkanes) is 1. The fourth-order valence-corrected chi connectivity index (χ4v) is 3.06. The van der Waals surface area contributed by atoms with Gasteiger partial charge in [0.05, 0.1) is 13.2 Å². The number of carbonyl (C=O) groups is 1. The van der Waals surface area contributed by atoms with Gasteiger partial charge in [0, 0.05) is 32.2 Å². The van der Waals surface area contributed by atoms with Crippen molar-refractivity contribution in [1.29, 1.82) is 0 Å². The van der Waals surface area contributed by atoms with Crippen molar-refractivity contribution in [2.24, 2.45) is 4.99 Å². The number of hydrogen-bond acceptors (Lipinski definition) is 4. The molecule has 1 amide bonds. The van der Waals surface area contributed by atoms with Gasteiger partial charge in [0.1, 0.15) is 11.6 Å². The number of guanidine groups is 1. The third kappa shape index (κ3) is 9.82. The zero-order chi connectivity index (χ0) is 20.9. The van der Waals surface area contributed by atoms with Gasteiger partial charge in [0.25, 0.3) is 0 Å². The maximum atomic E-state index is 12.9. The molecule has 0 spiro atoms. The molecule has 0 saturated carbocycles. The van der Waals surface area contributed by atoms with Crippen LogP contribution in [0.25, 0.3) is 0 Å². The van der Waals surface area contributed by atoms with Crippen LogP contribution in [0.5, 0.6) is 5.75 Å². The first-order chi connectivity index (χ1) is 14.1. The molecule has 30 heavy (non-hydrogen) atoms. The van der Waals surface area contributed by atoms with E-state index in [4.69, 9.17) is 9.47 Å². The molecule has 0 bridgehead atoms. The molecule has 1 aliphatic heterocycles. The van der Waals surface area contributed by atoms with E-state index in [1.165, 1.54) is 12.1 Å². The topological polar surface area (TPSA) is 75.2 Å². The number of nitrogens with one attached hydrogen (secondary N) is 2. The van der Waals surface area contributed by atoms with Crippen LogP contribution in [-0.2, 0) is 4.74 Å². The molecule has 0 aliphatic carbocycles. The number of likely N-dealkylation sites (tertiary alicyclic amines) is 1. The van der Waals surface area contributed by atoms with E-state index in [9.17, 15) is 9.18 Å². The predicted molar refractivity (Wildman–Crippen MR) is 127 cm³/mol. The molecule has 1 heterocycles. The van der Waals surface area contributed by atoms with Crippen LogP contribution in [0.15, 0.2) is 29.3 Å². The lowest BCUT2D eigenvalue weighted by Crippen LogP contribution is -2.49. The standard InChI is InChI=1S/C21H33FN4O3.HI/c1-3-23-20(25-18-11-14-26(15-12-18)21(27)28-4-2)24-13-5-6-16-29-19-9-7-17(22)8-10-19;/h7-10,18H,3-6,11-16H2,1-2H3,(H2,23,24,25);1H. The lowest BCUT2D eigenvalue weighted by atomic mass is 10.1. The fourth-order valence-electron chi connectivity index (χ4n) is 3.06. The van der Waals surface area contributed by atoms with E-state index in [-0.39, 0.29) is 35.9 Å². The van der Waals surface area contributed by atoms with Gasteiger partial charge in [-0.3, -0.25) is 4.99 Å². The Bertz CT molecular complexity index is 638. The van der Waals surface area contributed by atoms with Crippen molar-refractivity contribution in [3.8, 4) is 5.75 Å². The van der Waals surface area contributed by atoms with Crippen LogP contribution >= 0.6 is 24.0 Å². The van der Waals surface area contributed by atoms with Gasteiger partial charge in [-0.1, -0.05) is 0 Å².